The van der Waals surface area contributed by atoms with E-state index in [4.69, 9.17) is 21.0 Å². The zero-order valence-electron chi connectivity index (χ0n) is 14.2. The second-order valence-corrected chi connectivity index (χ2v) is 7.68. The van der Waals surface area contributed by atoms with Crippen LogP contribution in [0.3, 0.4) is 0 Å². The Bertz CT molecular complexity index is 1030. The van der Waals surface area contributed by atoms with Crippen molar-refractivity contribution in [3.63, 3.8) is 0 Å². The lowest BCUT2D eigenvalue weighted by molar-refractivity contribution is -0.115. The van der Waals surface area contributed by atoms with E-state index in [1.807, 2.05) is 17.4 Å². The number of amides is 3. The van der Waals surface area contributed by atoms with Gasteiger partial charge in [0.25, 0.3) is 5.91 Å². The lowest BCUT2D eigenvalue weighted by Crippen LogP contribution is -2.35. The van der Waals surface area contributed by atoms with Crippen LogP contribution in [-0.2, 0) is 11.4 Å². The van der Waals surface area contributed by atoms with Crippen molar-refractivity contribution in [1.82, 2.24) is 5.32 Å². The fraction of sp³-hybridized carbons (Fsp3) is 0.0526. The van der Waals surface area contributed by atoms with Gasteiger partial charge in [0.2, 0.25) is 0 Å². The Balaban J connectivity index is 2.26. The average Bonchev–Trinajstić information content (AvgIpc) is 2.65. The van der Waals surface area contributed by atoms with Gasteiger partial charge in [-0.1, -0.05) is 18.2 Å². The minimum Gasteiger partial charge on any atom is -0.487 e. The molecule has 28 heavy (non-hydrogen) atoms. The number of nitrogens with one attached hydrogen (secondary N) is 1. The highest BCUT2D eigenvalue weighted by Gasteiger charge is 2.14. The Morgan fingerprint density at radius 1 is 1.18 bits per heavy atom. The average molecular weight is 598 g/mol. The highest BCUT2D eigenvalue weighted by molar-refractivity contribution is 14.1. The van der Waals surface area contributed by atoms with E-state index in [9.17, 15) is 9.59 Å². The van der Waals surface area contributed by atoms with E-state index in [1.165, 1.54) is 6.08 Å². The summed E-state index contributed by atoms with van der Waals surface area (Å²) in [7, 11) is 0. The third kappa shape index (κ3) is 5.68. The van der Waals surface area contributed by atoms with E-state index >= 15 is 0 Å². The Kier molecular flexibility index (Phi) is 7.78. The highest BCUT2D eigenvalue weighted by Crippen LogP contribution is 2.30. The van der Waals surface area contributed by atoms with Gasteiger partial charge >= 0.3 is 6.03 Å². The summed E-state index contributed by atoms with van der Waals surface area (Å²) in [5.41, 5.74) is 6.57. The number of carbonyl (C=O) groups is 2. The molecule has 2 aromatic rings. The van der Waals surface area contributed by atoms with Gasteiger partial charge in [0, 0.05) is 5.56 Å². The molecule has 0 aliphatic rings. The third-order valence-corrected chi connectivity index (χ3v) is 5.05. The molecule has 0 bridgehead atoms. The van der Waals surface area contributed by atoms with Crippen LogP contribution in [0.25, 0.3) is 6.08 Å². The number of hydrogen-bond acceptors (Lipinski definition) is 5. The summed E-state index contributed by atoms with van der Waals surface area (Å²) in [6.45, 7) is 0.232. The molecule has 0 unspecified atom stereocenters. The van der Waals surface area contributed by atoms with E-state index < -0.39 is 11.9 Å². The normalized spacial score (nSPS) is 10.5. The fourth-order valence-electron chi connectivity index (χ4n) is 2.20. The molecule has 0 saturated carbocycles. The number of rotatable bonds is 5. The number of primary amides is 1. The van der Waals surface area contributed by atoms with Gasteiger partial charge in [-0.05, 0) is 75.0 Å². The SMILES string of the molecule is N#C/C(=C/c1cc(I)c(OCc2ccccc2C#N)c(I)c1)C(=O)NC(N)=O. The third-order valence-electron chi connectivity index (χ3n) is 3.44. The summed E-state index contributed by atoms with van der Waals surface area (Å²) in [6, 6.07) is 13.5. The number of ether oxygens (including phenoxy) is 1. The monoisotopic (exact) mass is 598 g/mol. The molecule has 0 saturated heterocycles. The molecule has 3 N–H and O–H groups in total. The van der Waals surface area contributed by atoms with Crippen LogP contribution < -0.4 is 15.8 Å². The second-order valence-electron chi connectivity index (χ2n) is 5.36. The van der Waals surface area contributed by atoms with Crippen LogP contribution in [0.15, 0.2) is 42.0 Å². The Labute approximate surface area is 188 Å². The topological polar surface area (TPSA) is 129 Å². The first-order valence-corrected chi connectivity index (χ1v) is 9.84. The molecule has 0 heterocycles. The quantitative estimate of drug-likeness (QED) is 0.310. The van der Waals surface area contributed by atoms with Crippen LogP contribution in [0.4, 0.5) is 4.79 Å². The summed E-state index contributed by atoms with van der Waals surface area (Å²) < 4.78 is 7.41. The molecule has 7 nitrogen and oxygen atoms in total. The Morgan fingerprint density at radius 3 is 2.39 bits per heavy atom. The first-order valence-electron chi connectivity index (χ1n) is 7.68. The van der Waals surface area contributed by atoms with Crippen LogP contribution in [0.5, 0.6) is 5.75 Å². The molecule has 0 spiro atoms. The predicted molar refractivity (Wildman–Crippen MR) is 119 cm³/mol. The van der Waals surface area contributed by atoms with Crippen molar-refractivity contribution < 1.29 is 14.3 Å². The van der Waals surface area contributed by atoms with E-state index in [-0.39, 0.29) is 12.2 Å². The summed E-state index contributed by atoms with van der Waals surface area (Å²) in [5, 5.41) is 20.2. The first-order chi connectivity index (χ1) is 13.3. The molecule has 2 aromatic carbocycles. The van der Waals surface area contributed by atoms with Crippen molar-refractivity contribution in [3.05, 3.63) is 65.8 Å². The molecule has 3 amide bonds. The van der Waals surface area contributed by atoms with Crippen molar-refractivity contribution in [2.45, 2.75) is 6.61 Å². The number of imide groups is 1. The highest BCUT2D eigenvalue weighted by atomic mass is 127. The molecule has 0 radical (unpaired) electrons. The van der Waals surface area contributed by atoms with Crippen molar-refractivity contribution in [2.75, 3.05) is 0 Å². The van der Waals surface area contributed by atoms with E-state index in [2.05, 4.69) is 51.3 Å². The number of urea groups is 1. The van der Waals surface area contributed by atoms with Gasteiger partial charge in [-0.15, -0.1) is 0 Å². The standard InChI is InChI=1S/C19H12I2N4O3/c20-15-6-11(5-14(9-23)18(26)25-19(24)27)7-16(21)17(15)28-10-13-4-2-1-3-12(13)8-22/h1-7H,10H2,(H3,24,25,26,27)/b14-5-. The van der Waals surface area contributed by atoms with Gasteiger partial charge in [-0.3, -0.25) is 10.1 Å². The Hall–Kier alpha value is -2.64. The predicted octanol–water partition coefficient (Wildman–Crippen LogP) is 3.45. The van der Waals surface area contributed by atoms with E-state index in [0.29, 0.717) is 16.9 Å². The van der Waals surface area contributed by atoms with Crippen LogP contribution in [-0.4, -0.2) is 11.9 Å². The molecule has 0 aliphatic heterocycles. The Morgan fingerprint density at radius 2 is 1.82 bits per heavy atom. The maximum Gasteiger partial charge on any atom is 0.319 e. The summed E-state index contributed by atoms with van der Waals surface area (Å²) in [4.78, 5) is 22.6. The molecule has 2 rings (SSSR count). The van der Waals surface area contributed by atoms with E-state index in [0.717, 1.165) is 12.7 Å². The van der Waals surface area contributed by atoms with Gasteiger partial charge in [-0.25, -0.2) is 4.79 Å². The van der Waals surface area contributed by atoms with Crippen molar-refractivity contribution >= 4 is 63.2 Å². The minimum absolute atomic E-state index is 0.232. The van der Waals surface area contributed by atoms with Crippen LogP contribution in [0.1, 0.15) is 16.7 Å². The maximum atomic E-state index is 11.8. The first kappa shape index (κ1) is 21.7. The minimum atomic E-state index is -1.03. The van der Waals surface area contributed by atoms with Crippen LogP contribution >= 0.6 is 45.2 Å². The van der Waals surface area contributed by atoms with Crippen LogP contribution in [0.2, 0.25) is 0 Å². The lowest BCUT2D eigenvalue weighted by atomic mass is 10.1. The number of nitriles is 2. The van der Waals surface area contributed by atoms with Crippen molar-refractivity contribution in [1.29, 1.82) is 10.5 Å². The van der Waals surface area contributed by atoms with Gasteiger partial charge in [-0.2, -0.15) is 10.5 Å². The smallest absolute Gasteiger partial charge is 0.319 e. The van der Waals surface area contributed by atoms with Crippen molar-refractivity contribution in [2.24, 2.45) is 5.73 Å². The number of hydrogen-bond donors (Lipinski definition) is 2. The zero-order valence-corrected chi connectivity index (χ0v) is 18.5. The summed E-state index contributed by atoms with van der Waals surface area (Å²) in [5.74, 6) is -0.236. The van der Waals surface area contributed by atoms with Crippen molar-refractivity contribution in [3.8, 4) is 17.9 Å². The molecule has 0 aromatic heterocycles. The lowest BCUT2D eigenvalue weighted by Gasteiger charge is -2.12. The van der Waals surface area contributed by atoms with Crippen LogP contribution in [0, 0.1) is 29.8 Å². The molecule has 0 fully saturated rings. The second kappa shape index (κ2) is 10.1. The molecule has 0 atom stereocenters. The number of nitrogens with two attached hydrogens (primary N) is 1. The molecule has 0 aliphatic carbocycles. The van der Waals surface area contributed by atoms with Gasteiger partial charge < -0.3 is 10.5 Å². The van der Waals surface area contributed by atoms with Gasteiger partial charge in [0.1, 0.15) is 24.0 Å². The molecule has 9 heteroatoms. The molecular formula is C19H12I2N4O3. The van der Waals surface area contributed by atoms with Gasteiger partial charge in [0.05, 0.1) is 18.8 Å². The molecular weight excluding hydrogens is 586 g/mol. The fourth-order valence-corrected chi connectivity index (χ4v) is 4.33. The summed E-state index contributed by atoms with van der Waals surface area (Å²) >= 11 is 4.17. The zero-order chi connectivity index (χ0) is 20.7. The number of benzene rings is 2. The number of carbonyl (C=O) groups excluding carboxylic acids is 2. The van der Waals surface area contributed by atoms with Gasteiger partial charge in [0.15, 0.2) is 0 Å². The molecule has 140 valence electrons. The largest absolute Gasteiger partial charge is 0.487 e. The maximum absolute atomic E-state index is 11.8. The number of halogens is 2. The van der Waals surface area contributed by atoms with E-state index in [1.54, 1.807) is 30.3 Å². The number of nitrogens with zero attached hydrogens (tertiary/aromatic N) is 2. The summed E-state index contributed by atoms with van der Waals surface area (Å²) in [6.07, 6.45) is 1.36.